The van der Waals surface area contributed by atoms with Gasteiger partial charge in [0, 0.05) is 0 Å². The summed E-state index contributed by atoms with van der Waals surface area (Å²) in [6, 6.07) is 2.04. The number of nitro groups is 1. The highest BCUT2D eigenvalue weighted by Gasteiger charge is 2.25. The molecular formula is C10H10F2N2O4. The van der Waals surface area contributed by atoms with E-state index in [0.717, 1.165) is 12.1 Å². The predicted molar refractivity (Wildman–Crippen MR) is 56.2 cm³/mol. The Bertz CT molecular complexity index is 465. The van der Waals surface area contributed by atoms with E-state index in [1.807, 2.05) is 0 Å². The molecule has 18 heavy (non-hydrogen) atoms. The first-order valence-corrected chi connectivity index (χ1v) is 5.03. The van der Waals surface area contributed by atoms with Crippen LogP contribution in [0.25, 0.3) is 0 Å². The zero-order valence-electron chi connectivity index (χ0n) is 9.43. The van der Waals surface area contributed by atoms with Crippen LogP contribution in [0.1, 0.15) is 24.6 Å². The minimum Gasteiger partial charge on any atom is -0.466 e. The molecule has 6 nitrogen and oxygen atoms in total. The molecule has 8 heteroatoms. The molecule has 1 aromatic rings. The lowest BCUT2D eigenvalue weighted by Gasteiger charge is -2.03. The van der Waals surface area contributed by atoms with Gasteiger partial charge in [0.05, 0.1) is 6.61 Å². The fourth-order valence-electron chi connectivity index (χ4n) is 1.27. The summed E-state index contributed by atoms with van der Waals surface area (Å²) >= 11 is 0. The lowest BCUT2D eigenvalue weighted by molar-refractivity contribution is -0.391. The molecule has 0 amide bonds. The second-order valence-electron chi connectivity index (χ2n) is 3.26. The first-order valence-electron chi connectivity index (χ1n) is 5.03. The Hall–Kier alpha value is -2.12. The number of aromatic nitrogens is 1. The molecule has 0 aromatic carbocycles. The van der Waals surface area contributed by atoms with Crippen LogP contribution >= 0.6 is 0 Å². The van der Waals surface area contributed by atoms with E-state index in [0.29, 0.717) is 0 Å². The Kier molecular flexibility index (Phi) is 4.64. The molecular weight excluding hydrogens is 250 g/mol. The number of pyridine rings is 1. The summed E-state index contributed by atoms with van der Waals surface area (Å²) in [7, 11) is 0. The summed E-state index contributed by atoms with van der Waals surface area (Å²) in [4.78, 5) is 24.1. The summed E-state index contributed by atoms with van der Waals surface area (Å²) in [6.07, 6.45) is -3.28. The SMILES string of the molecule is CCOC(=O)Cc1ccc(C(F)F)c([N+](=O)[O-])n1. The first kappa shape index (κ1) is 13.9. The number of carbonyl (C=O) groups is 1. The molecule has 1 aromatic heterocycles. The molecule has 0 aliphatic heterocycles. The molecule has 0 saturated carbocycles. The number of ether oxygens (including phenoxy) is 1. The summed E-state index contributed by atoms with van der Waals surface area (Å²) in [5, 5.41) is 10.6. The molecule has 0 saturated heterocycles. The Labute approximate surface area is 101 Å². The van der Waals surface area contributed by atoms with E-state index >= 15 is 0 Å². The van der Waals surface area contributed by atoms with E-state index < -0.39 is 28.7 Å². The van der Waals surface area contributed by atoms with Crippen molar-refractivity contribution in [3.63, 3.8) is 0 Å². The zero-order chi connectivity index (χ0) is 13.7. The predicted octanol–water partition coefficient (Wildman–Crippen LogP) is 2.03. The monoisotopic (exact) mass is 260 g/mol. The first-order chi connectivity index (χ1) is 8.45. The summed E-state index contributed by atoms with van der Waals surface area (Å²) in [5.74, 6) is -1.56. The second kappa shape index (κ2) is 5.99. The Balaban J connectivity index is 3.00. The molecule has 0 radical (unpaired) electrons. The molecule has 0 spiro atoms. The zero-order valence-corrected chi connectivity index (χ0v) is 9.43. The van der Waals surface area contributed by atoms with Gasteiger partial charge in [-0.05, 0) is 29.0 Å². The number of nitrogens with zero attached hydrogens (tertiary/aromatic N) is 2. The molecule has 98 valence electrons. The number of hydrogen-bond acceptors (Lipinski definition) is 5. The van der Waals surface area contributed by atoms with E-state index in [2.05, 4.69) is 9.72 Å². The van der Waals surface area contributed by atoms with Crippen molar-refractivity contribution >= 4 is 11.8 Å². The van der Waals surface area contributed by atoms with Crippen LogP contribution in [0.4, 0.5) is 14.6 Å². The number of rotatable bonds is 5. The van der Waals surface area contributed by atoms with E-state index in [4.69, 9.17) is 0 Å². The number of halogens is 2. The number of alkyl halides is 2. The quantitative estimate of drug-likeness (QED) is 0.459. The minimum absolute atomic E-state index is 0.0181. The maximum absolute atomic E-state index is 12.5. The van der Waals surface area contributed by atoms with Gasteiger partial charge >= 0.3 is 11.8 Å². The third-order valence-electron chi connectivity index (χ3n) is 2.00. The Morgan fingerprint density at radius 3 is 2.72 bits per heavy atom. The van der Waals surface area contributed by atoms with Gasteiger partial charge in [0.15, 0.2) is 5.69 Å². The lowest BCUT2D eigenvalue weighted by atomic mass is 10.2. The van der Waals surface area contributed by atoms with Crippen LogP contribution in [-0.2, 0) is 16.0 Å². The maximum Gasteiger partial charge on any atom is 0.372 e. The van der Waals surface area contributed by atoms with Gasteiger partial charge in [0.25, 0.3) is 6.43 Å². The molecule has 0 fully saturated rings. The smallest absolute Gasteiger partial charge is 0.372 e. The third kappa shape index (κ3) is 3.44. The number of hydrogen-bond donors (Lipinski definition) is 0. The van der Waals surface area contributed by atoms with E-state index in [1.54, 1.807) is 6.92 Å². The van der Waals surface area contributed by atoms with Crippen LogP contribution in [0, 0.1) is 10.1 Å². The van der Waals surface area contributed by atoms with Gasteiger partial charge in [-0.15, -0.1) is 0 Å². The van der Waals surface area contributed by atoms with Gasteiger partial charge in [0.1, 0.15) is 12.0 Å². The van der Waals surface area contributed by atoms with Crippen molar-refractivity contribution in [1.82, 2.24) is 4.98 Å². The van der Waals surface area contributed by atoms with Crippen LogP contribution in [-0.4, -0.2) is 22.5 Å². The van der Waals surface area contributed by atoms with Gasteiger partial charge in [-0.2, -0.15) is 0 Å². The van der Waals surface area contributed by atoms with Crippen molar-refractivity contribution in [3.05, 3.63) is 33.5 Å². The van der Waals surface area contributed by atoms with Crippen LogP contribution in [0.5, 0.6) is 0 Å². The number of esters is 1. The second-order valence-corrected chi connectivity index (χ2v) is 3.26. The average molecular weight is 260 g/mol. The van der Waals surface area contributed by atoms with Crippen molar-refractivity contribution in [3.8, 4) is 0 Å². The van der Waals surface area contributed by atoms with Gasteiger partial charge in [-0.3, -0.25) is 4.79 Å². The molecule has 0 atom stereocenters. The molecule has 1 heterocycles. The molecule has 0 unspecified atom stereocenters. The van der Waals surface area contributed by atoms with Crippen LogP contribution < -0.4 is 0 Å². The maximum atomic E-state index is 12.5. The summed E-state index contributed by atoms with van der Waals surface area (Å²) in [6.45, 7) is 1.77. The van der Waals surface area contributed by atoms with Crippen LogP contribution in [0.2, 0.25) is 0 Å². The van der Waals surface area contributed by atoms with E-state index in [9.17, 15) is 23.7 Å². The largest absolute Gasteiger partial charge is 0.466 e. The molecule has 0 bridgehead atoms. The summed E-state index contributed by atoms with van der Waals surface area (Å²) < 4.78 is 29.6. The van der Waals surface area contributed by atoms with Gasteiger partial charge in [0.2, 0.25) is 0 Å². The van der Waals surface area contributed by atoms with Gasteiger partial charge in [-0.1, -0.05) is 0 Å². The fraction of sp³-hybridized carbons (Fsp3) is 0.400. The topological polar surface area (TPSA) is 82.3 Å². The normalized spacial score (nSPS) is 10.4. The Morgan fingerprint density at radius 2 is 2.22 bits per heavy atom. The van der Waals surface area contributed by atoms with Gasteiger partial charge < -0.3 is 14.9 Å². The molecule has 1 rings (SSSR count). The van der Waals surface area contributed by atoms with Crippen LogP contribution in [0.15, 0.2) is 12.1 Å². The van der Waals surface area contributed by atoms with Crippen LogP contribution in [0.3, 0.4) is 0 Å². The summed E-state index contributed by atoms with van der Waals surface area (Å²) in [5.41, 5.74) is -0.753. The van der Waals surface area contributed by atoms with E-state index in [1.165, 1.54) is 0 Å². The standard InChI is InChI=1S/C10H10F2N2O4/c1-2-18-8(15)5-6-3-4-7(9(11)12)10(13-6)14(16)17/h3-4,9H,2,5H2,1H3. The molecule has 0 aliphatic carbocycles. The highest BCUT2D eigenvalue weighted by Crippen LogP contribution is 2.27. The number of carbonyl (C=O) groups excluding carboxylic acids is 1. The highest BCUT2D eigenvalue weighted by atomic mass is 19.3. The van der Waals surface area contributed by atoms with Crippen molar-refractivity contribution in [2.75, 3.05) is 6.61 Å². The van der Waals surface area contributed by atoms with Crippen molar-refractivity contribution < 1.29 is 23.2 Å². The van der Waals surface area contributed by atoms with Crippen molar-refractivity contribution in [2.45, 2.75) is 19.8 Å². The van der Waals surface area contributed by atoms with Crippen molar-refractivity contribution in [1.29, 1.82) is 0 Å². The third-order valence-corrected chi connectivity index (χ3v) is 2.00. The lowest BCUT2D eigenvalue weighted by Crippen LogP contribution is -2.10. The van der Waals surface area contributed by atoms with Crippen molar-refractivity contribution in [2.24, 2.45) is 0 Å². The highest BCUT2D eigenvalue weighted by molar-refractivity contribution is 5.72. The molecule has 0 aliphatic rings. The molecule has 0 N–H and O–H groups in total. The van der Waals surface area contributed by atoms with Gasteiger partial charge in [-0.25, -0.2) is 8.78 Å². The average Bonchev–Trinajstić information content (AvgIpc) is 2.28. The van der Waals surface area contributed by atoms with E-state index in [-0.39, 0.29) is 18.7 Å². The minimum atomic E-state index is -2.99. The Morgan fingerprint density at radius 1 is 1.56 bits per heavy atom. The fourth-order valence-corrected chi connectivity index (χ4v) is 1.27.